The first kappa shape index (κ1) is 16.0. The van der Waals surface area contributed by atoms with Gasteiger partial charge in [-0.25, -0.2) is 13.8 Å². The fraction of sp³-hybridized carbons (Fsp3) is 0.438. The Hall–Kier alpha value is -1.33. The molecule has 0 aliphatic carbocycles. The van der Waals surface area contributed by atoms with Crippen LogP contribution in [0.5, 0.6) is 0 Å². The van der Waals surface area contributed by atoms with Crippen LogP contribution < -0.4 is 5.32 Å². The molecule has 0 aliphatic heterocycles. The Morgan fingerprint density at radius 1 is 1.24 bits per heavy atom. The minimum absolute atomic E-state index is 0.0515. The minimum atomic E-state index is -0.538. The third-order valence-corrected chi connectivity index (χ3v) is 4.19. The molecule has 0 saturated heterocycles. The average molecular weight is 310 g/mol. The molecule has 1 unspecified atom stereocenters. The summed E-state index contributed by atoms with van der Waals surface area (Å²) < 4.78 is 28.2. The normalized spacial score (nSPS) is 12.9. The predicted octanol–water partition coefficient (Wildman–Crippen LogP) is 4.63. The van der Waals surface area contributed by atoms with E-state index in [1.807, 2.05) is 12.3 Å². The molecule has 114 valence electrons. The molecule has 1 N–H and O–H groups in total. The monoisotopic (exact) mass is 310 g/mol. The third-order valence-electron chi connectivity index (χ3n) is 3.27. The number of nitrogens with zero attached hydrogens (tertiary/aromatic N) is 1. The van der Waals surface area contributed by atoms with Crippen molar-refractivity contribution in [1.82, 2.24) is 10.3 Å². The first-order valence-electron chi connectivity index (χ1n) is 7.17. The van der Waals surface area contributed by atoms with Gasteiger partial charge in [-0.2, -0.15) is 0 Å². The van der Waals surface area contributed by atoms with E-state index < -0.39 is 17.7 Å². The number of benzene rings is 1. The molecule has 0 saturated carbocycles. The van der Waals surface area contributed by atoms with Gasteiger partial charge < -0.3 is 5.32 Å². The summed E-state index contributed by atoms with van der Waals surface area (Å²) in [6.07, 6.45) is 0.884. The van der Waals surface area contributed by atoms with Crippen LogP contribution in [0.4, 0.5) is 8.78 Å². The van der Waals surface area contributed by atoms with Crippen LogP contribution in [0.25, 0.3) is 0 Å². The van der Waals surface area contributed by atoms with E-state index in [2.05, 4.69) is 24.1 Å². The van der Waals surface area contributed by atoms with Gasteiger partial charge in [0.15, 0.2) is 0 Å². The molecule has 2 aromatic rings. The quantitative estimate of drug-likeness (QED) is 0.841. The molecule has 1 aromatic carbocycles. The van der Waals surface area contributed by atoms with Crippen molar-refractivity contribution in [3.63, 3.8) is 0 Å². The van der Waals surface area contributed by atoms with Crippen LogP contribution in [0, 0.1) is 11.6 Å². The lowest BCUT2D eigenvalue weighted by atomic mass is 10.1. The Bertz CT molecular complexity index is 575. The topological polar surface area (TPSA) is 24.9 Å². The Balaban J connectivity index is 2.42. The second-order valence-corrected chi connectivity index (χ2v) is 6.18. The lowest BCUT2D eigenvalue weighted by Gasteiger charge is -2.18. The van der Waals surface area contributed by atoms with Crippen molar-refractivity contribution in [3.8, 4) is 0 Å². The van der Waals surface area contributed by atoms with Crippen molar-refractivity contribution in [2.75, 3.05) is 6.54 Å². The van der Waals surface area contributed by atoms with Crippen LogP contribution in [-0.4, -0.2) is 11.5 Å². The SMILES string of the molecule is CCCNC(c1nc(C(C)C)cs1)c1c(F)cccc1F. The number of halogens is 2. The summed E-state index contributed by atoms with van der Waals surface area (Å²) in [6, 6.07) is 3.42. The number of hydrogen-bond acceptors (Lipinski definition) is 3. The molecule has 0 radical (unpaired) electrons. The zero-order valence-corrected chi connectivity index (χ0v) is 13.3. The number of nitrogens with one attached hydrogen (secondary N) is 1. The molecule has 0 amide bonds. The Kier molecular flexibility index (Phi) is 5.42. The van der Waals surface area contributed by atoms with Gasteiger partial charge in [-0.3, -0.25) is 0 Å². The van der Waals surface area contributed by atoms with Crippen LogP contribution in [0.1, 0.15) is 55.4 Å². The van der Waals surface area contributed by atoms with Gasteiger partial charge >= 0.3 is 0 Å². The number of thiazole rings is 1. The summed E-state index contributed by atoms with van der Waals surface area (Å²) >= 11 is 1.44. The highest BCUT2D eigenvalue weighted by molar-refractivity contribution is 7.09. The zero-order valence-electron chi connectivity index (χ0n) is 12.5. The van der Waals surface area contributed by atoms with E-state index in [-0.39, 0.29) is 5.56 Å². The third kappa shape index (κ3) is 3.66. The summed E-state index contributed by atoms with van der Waals surface area (Å²) in [7, 11) is 0. The summed E-state index contributed by atoms with van der Waals surface area (Å²) in [6.45, 7) is 6.80. The van der Waals surface area contributed by atoms with E-state index in [4.69, 9.17) is 0 Å². The lowest BCUT2D eigenvalue weighted by molar-refractivity contribution is 0.501. The second kappa shape index (κ2) is 7.09. The smallest absolute Gasteiger partial charge is 0.131 e. The van der Waals surface area contributed by atoms with E-state index >= 15 is 0 Å². The molecule has 21 heavy (non-hydrogen) atoms. The van der Waals surface area contributed by atoms with Gasteiger partial charge in [-0.15, -0.1) is 11.3 Å². The predicted molar refractivity (Wildman–Crippen MR) is 82.7 cm³/mol. The van der Waals surface area contributed by atoms with Crippen molar-refractivity contribution in [1.29, 1.82) is 0 Å². The molecule has 2 nitrogen and oxygen atoms in total. The minimum Gasteiger partial charge on any atom is -0.304 e. The van der Waals surface area contributed by atoms with E-state index in [1.165, 1.54) is 29.5 Å². The fourth-order valence-corrected chi connectivity index (χ4v) is 3.15. The molecule has 5 heteroatoms. The highest BCUT2D eigenvalue weighted by atomic mass is 32.1. The molecule has 0 bridgehead atoms. The van der Waals surface area contributed by atoms with E-state index in [1.54, 1.807) is 0 Å². The molecule has 1 heterocycles. The Labute approximate surface area is 128 Å². The number of hydrogen-bond donors (Lipinski definition) is 1. The van der Waals surface area contributed by atoms with Gasteiger partial charge in [-0.1, -0.05) is 26.8 Å². The maximum absolute atomic E-state index is 14.1. The van der Waals surface area contributed by atoms with E-state index in [9.17, 15) is 8.78 Å². The summed E-state index contributed by atoms with van der Waals surface area (Å²) in [4.78, 5) is 4.54. The van der Waals surface area contributed by atoms with Crippen LogP contribution in [0.3, 0.4) is 0 Å². The molecule has 2 rings (SSSR count). The van der Waals surface area contributed by atoms with Crippen LogP contribution >= 0.6 is 11.3 Å². The standard InChI is InChI=1S/C16H20F2N2S/c1-4-8-19-15(14-11(17)6-5-7-12(14)18)16-20-13(9-21-16)10(2)3/h5-7,9-10,15,19H,4,8H2,1-3H3. The summed E-state index contributed by atoms with van der Waals surface area (Å²) in [5.74, 6) is -0.776. The number of aromatic nitrogens is 1. The average Bonchev–Trinajstić information content (AvgIpc) is 2.91. The van der Waals surface area contributed by atoms with Crippen LogP contribution in [-0.2, 0) is 0 Å². The maximum atomic E-state index is 14.1. The van der Waals surface area contributed by atoms with Crippen molar-refractivity contribution >= 4 is 11.3 Å². The second-order valence-electron chi connectivity index (χ2n) is 5.29. The molecular formula is C16H20F2N2S. The number of rotatable bonds is 6. The summed E-state index contributed by atoms with van der Waals surface area (Å²) in [5, 5.41) is 5.87. The largest absolute Gasteiger partial charge is 0.304 e. The highest BCUT2D eigenvalue weighted by Gasteiger charge is 2.24. The highest BCUT2D eigenvalue weighted by Crippen LogP contribution is 2.30. The van der Waals surface area contributed by atoms with Crippen molar-refractivity contribution in [3.05, 3.63) is 51.5 Å². The molecule has 0 spiro atoms. The zero-order chi connectivity index (χ0) is 15.4. The van der Waals surface area contributed by atoms with Gasteiger partial charge in [-0.05, 0) is 31.0 Å². The van der Waals surface area contributed by atoms with Gasteiger partial charge in [0.1, 0.15) is 16.6 Å². The van der Waals surface area contributed by atoms with Crippen LogP contribution in [0.2, 0.25) is 0 Å². The molecule has 1 aromatic heterocycles. The van der Waals surface area contributed by atoms with Gasteiger partial charge in [0.25, 0.3) is 0 Å². The molecule has 0 fully saturated rings. The fourth-order valence-electron chi connectivity index (χ4n) is 2.09. The van der Waals surface area contributed by atoms with Gasteiger partial charge in [0.05, 0.1) is 11.7 Å². The Morgan fingerprint density at radius 2 is 1.90 bits per heavy atom. The molecule has 1 atom stereocenters. The van der Waals surface area contributed by atoms with E-state index in [0.29, 0.717) is 17.5 Å². The van der Waals surface area contributed by atoms with Gasteiger partial charge in [0.2, 0.25) is 0 Å². The lowest BCUT2D eigenvalue weighted by Crippen LogP contribution is -2.25. The van der Waals surface area contributed by atoms with Crippen molar-refractivity contribution in [2.24, 2.45) is 0 Å². The maximum Gasteiger partial charge on any atom is 0.131 e. The first-order chi connectivity index (χ1) is 10.0. The Morgan fingerprint density at radius 3 is 2.43 bits per heavy atom. The van der Waals surface area contributed by atoms with Crippen LogP contribution in [0.15, 0.2) is 23.6 Å². The van der Waals surface area contributed by atoms with Gasteiger partial charge in [0, 0.05) is 10.9 Å². The van der Waals surface area contributed by atoms with Crippen molar-refractivity contribution < 1.29 is 8.78 Å². The first-order valence-corrected chi connectivity index (χ1v) is 8.05. The molecule has 0 aliphatic rings. The summed E-state index contributed by atoms with van der Waals surface area (Å²) in [5.41, 5.74) is 1.01. The molecular weight excluding hydrogens is 290 g/mol. The van der Waals surface area contributed by atoms with E-state index in [0.717, 1.165) is 12.1 Å². The van der Waals surface area contributed by atoms with Crippen molar-refractivity contribution in [2.45, 2.75) is 39.2 Å².